The summed E-state index contributed by atoms with van der Waals surface area (Å²) in [6, 6.07) is 10.2. The molecule has 1 aromatic rings. The zero-order valence-corrected chi connectivity index (χ0v) is 13.4. The van der Waals surface area contributed by atoms with Crippen molar-refractivity contribution >= 4 is 11.9 Å². The second-order valence-electron chi connectivity index (χ2n) is 6.37. The van der Waals surface area contributed by atoms with Gasteiger partial charge in [0.2, 0.25) is 5.91 Å². The first-order valence-corrected chi connectivity index (χ1v) is 8.01. The van der Waals surface area contributed by atoms with Gasteiger partial charge in [0.1, 0.15) is 0 Å². The number of carbonyl (C=O) groups excluding carboxylic acids is 1. The van der Waals surface area contributed by atoms with Crippen molar-refractivity contribution < 1.29 is 14.7 Å². The zero-order chi connectivity index (χ0) is 16.2. The number of carboxylic acid groups (broad SMARTS) is 1. The van der Waals surface area contributed by atoms with Crippen LogP contribution in [0.2, 0.25) is 0 Å². The minimum absolute atomic E-state index is 0.0510. The highest BCUT2D eigenvalue weighted by Gasteiger charge is 2.46. The van der Waals surface area contributed by atoms with Gasteiger partial charge < -0.3 is 10.0 Å². The molecule has 1 aromatic carbocycles. The van der Waals surface area contributed by atoms with E-state index in [2.05, 4.69) is 19.1 Å². The first-order chi connectivity index (χ1) is 10.5. The molecule has 0 bridgehead atoms. The summed E-state index contributed by atoms with van der Waals surface area (Å²) in [5, 5.41) is 9.37. The van der Waals surface area contributed by atoms with Crippen LogP contribution in [0.4, 0.5) is 0 Å². The molecule has 120 valence electrons. The minimum atomic E-state index is -0.823. The number of carbonyl (C=O) groups is 2. The third kappa shape index (κ3) is 3.49. The molecule has 0 saturated heterocycles. The summed E-state index contributed by atoms with van der Waals surface area (Å²) in [4.78, 5) is 25.7. The Balaban J connectivity index is 2.00. The van der Waals surface area contributed by atoms with Crippen LogP contribution in [0.5, 0.6) is 0 Å². The summed E-state index contributed by atoms with van der Waals surface area (Å²) in [6.45, 7) is 2.06. The summed E-state index contributed by atoms with van der Waals surface area (Å²) in [6.07, 6.45) is 3.94. The Morgan fingerprint density at radius 1 is 1.27 bits per heavy atom. The van der Waals surface area contributed by atoms with Gasteiger partial charge >= 0.3 is 5.97 Å². The van der Waals surface area contributed by atoms with Gasteiger partial charge in [0, 0.05) is 19.5 Å². The van der Waals surface area contributed by atoms with Gasteiger partial charge in [-0.1, -0.05) is 43.7 Å². The van der Waals surface area contributed by atoms with E-state index in [4.69, 9.17) is 0 Å². The fourth-order valence-electron chi connectivity index (χ4n) is 3.13. The Hall–Kier alpha value is -1.84. The van der Waals surface area contributed by atoms with Crippen LogP contribution in [0.1, 0.15) is 44.6 Å². The molecule has 22 heavy (non-hydrogen) atoms. The van der Waals surface area contributed by atoms with E-state index in [0.717, 1.165) is 19.3 Å². The molecule has 0 radical (unpaired) electrons. The lowest BCUT2D eigenvalue weighted by atomic mass is 9.66. The predicted molar refractivity (Wildman–Crippen MR) is 85.5 cm³/mol. The highest BCUT2D eigenvalue weighted by Crippen LogP contribution is 2.44. The van der Waals surface area contributed by atoms with E-state index < -0.39 is 11.4 Å². The van der Waals surface area contributed by atoms with Crippen LogP contribution in [0.15, 0.2) is 30.3 Å². The Morgan fingerprint density at radius 2 is 1.91 bits per heavy atom. The van der Waals surface area contributed by atoms with E-state index in [1.807, 2.05) is 18.2 Å². The molecule has 1 amide bonds. The van der Waals surface area contributed by atoms with Crippen molar-refractivity contribution in [3.05, 3.63) is 35.9 Å². The molecular formula is C18H25NO3. The molecule has 4 nitrogen and oxygen atoms in total. The number of rotatable bonds is 7. The van der Waals surface area contributed by atoms with E-state index in [-0.39, 0.29) is 18.4 Å². The molecule has 1 atom stereocenters. The van der Waals surface area contributed by atoms with Gasteiger partial charge in [0.05, 0.1) is 5.41 Å². The van der Waals surface area contributed by atoms with E-state index in [1.54, 1.807) is 11.9 Å². The summed E-state index contributed by atoms with van der Waals surface area (Å²) >= 11 is 0. The van der Waals surface area contributed by atoms with Crippen molar-refractivity contribution in [2.45, 2.75) is 51.5 Å². The third-order valence-corrected chi connectivity index (χ3v) is 4.98. The molecule has 0 heterocycles. The van der Waals surface area contributed by atoms with Crippen LogP contribution in [-0.4, -0.2) is 35.0 Å². The molecule has 0 aromatic heterocycles. The van der Waals surface area contributed by atoms with Crippen LogP contribution in [-0.2, 0) is 16.0 Å². The van der Waals surface area contributed by atoms with Crippen LogP contribution in [0.25, 0.3) is 0 Å². The van der Waals surface area contributed by atoms with Crippen molar-refractivity contribution in [3.63, 3.8) is 0 Å². The molecule has 4 heteroatoms. The lowest BCUT2D eigenvalue weighted by Crippen LogP contribution is -2.45. The molecule has 1 N–H and O–H groups in total. The number of nitrogens with zero attached hydrogens (tertiary/aromatic N) is 1. The maximum Gasteiger partial charge on any atom is 0.310 e. The predicted octanol–water partition coefficient (Wildman–Crippen LogP) is 3.11. The lowest BCUT2D eigenvalue weighted by Gasteiger charge is -2.39. The SMILES string of the molecule is CCC(Cc1ccccc1)N(C)C(=O)CC1(C(=O)O)CCC1. The normalized spacial score (nSPS) is 17.4. The Kier molecular flexibility index (Phi) is 5.22. The monoisotopic (exact) mass is 303 g/mol. The summed E-state index contributed by atoms with van der Waals surface area (Å²) in [7, 11) is 1.80. The first-order valence-electron chi connectivity index (χ1n) is 8.01. The molecule has 2 rings (SSSR count). The van der Waals surface area contributed by atoms with Gasteiger partial charge in [0.25, 0.3) is 0 Å². The third-order valence-electron chi connectivity index (χ3n) is 4.98. The van der Waals surface area contributed by atoms with Crippen LogP contribution in [0, 0.1) is 5.41 Å². The maximum atomic E-state index is 12.5. The molecule has 0 aliphatic heterocycles. The second-order valence-corrected chi connectivity index (χ2v) is 6.37. The van der Waals surface area contributed by atoms with E-state index >= 15 is 0 Å². The number of aliphatic carboxylic acids is 1. The molecule has 0 spiro atoms. The molecule has 1 saturated carbocycles. The fraction of sp³-hybridized carbons (Fsp3) is 0.556. The molecule has 1 aliphatic rings. The van der Waals surface area contributed by atoms with Crippen LogP contribution >= 0.6 is 0 Å². The molecule has 1 fully saturated rings. The topological polar surface area (TPSA) is 57.6 Å². The number of carboxylic acids is 1. The zero-order valence-electron chi connectivity index (χ0n) is 13.4. The average Bonchev–Trinajstić information content (AvgIpc) is 2.48. The highest BCUT2D eigenvalue weighted by molar-refractivity contribution is 5.85. The summed E-state index contributed by atoms with van der Waals surface area (Å²) in [5.74, 6) is -0.874. The van der Waals surface area contributed by atoms with Crippen molar-refractivity contribution in [1.29, 1.82) is 0 Å². The molecule has 1 unspecified atom stereocenters. The van der Waals surface area contributed by atoms with Gasteiger partial charge in [-0.05, 0) is 31.2 Å². The van der Waals surface area contributed by atoms with Crippen molar-refractivity contribution in [3.8, 4) is 0 Å². The van der Waals surface area contributed by atoms with Gasteiger partial charge in [-0.2, -0.15) is 0 Å². The van der Waals surface area contributed by atoms with Gasteiger partial charge in [0.15, 0.2) is 0 Å². The van der Waals surface area contributed by atoms with Crippen molar-refractivity contribution in [1.82, 2.24) is 4.90 Å². The van der Waals surface area contributed by atoms with Crippen molar-refractivity contribution in [2.24, 2.45) is 5.41 Å². The average molecular weight is 303 g/mol. The fourth-order valence-corrected chi connectivity index (χ4v) is 3.13. The van der Waals surface area contributed by atoms with Gasteiger partial charge in [-0.15, -0.1) is 0 Å². The molecular weight excluding hydrogens is 278 g/mol. The Bertz CT molecular complexity index is 522. The summed E-state index contributed by atoms with van der Waals surface area (Å²) in [5.41, 5.74) is 0.390. The first kappa shape index (κ1) is 16.5. The smallest absolute Gasteiger partial charge is 0.310 e. The van der Waals surface area contributed by atoms with E-state index in [1.165, 1.54) is 5.56 Å². The van der Waals surface area contributed by atoms with Crippen LogP contribution in [0.3, 0.4) is 0 Å². The highest BCUT2D eigenvalue weighted by atomic mass is 16.4. The largest absolute Gasteiger partial charge is 0.481 e. The minimum Gasteiger partial charge on any atom is -0.481 e. The number of hydrogen-bond acceptors (Lipinski definition) is 2. The standard InChI is InChI=1S/C18H25NO3/c1-3-15(12-14-8-5-4-6-9-14)19(2)16(20)13-18(17(21)22)10-7-11-18/h4-6,8-9,15H,3,7,10-13H2,1-2H3,(H,21,22). The van der Waals surface area contributed by atoms with Crippen molar-refractivity contribution in [2.75, 3.05) is 7.05 Å². The number of amides is 1. The number of likely N-dealkylation sites (N-methyl/N-ethyl adjacent to an activating group) is 1. The van der Waals surface area contributed by atoms with E-state index in [9.17, 15) is 14.7 Å². The van der Waals surface area contributed by atoms with Gasteiger partial charge in [-0.3, -0.25) is 9.59 Å². The Labute approximate surface area is 132 Å². The lowest BCUT2D eigenvalue weighted by molar-refractivity contribution is -0.159. The number of benzene rings is 1. The number of hydrogen-bond donors (Lipinski definition) is 1. The second kappa shape index (κ2) is 6.95. The Morgan fingerprint density at radius 3 is 2.36 bits per heavy atom. The summed E-state index contributed by atoms with van der Waals surface area (Å²) < 4.78 is 0. The van der Waals surface area contributed by atoms with Crippen LogP contribution < -0.4 is 0 Å². The quantitative estimate of drug-likeness (QED) is 0.842. The maximum absolute atomic E-state index is 12.5. The van der Waals surface area contributed by atoms with E-state index in [0.29, 0.717) is 12.8 Å². The van der Waals surface area contributed by atoms with Gasteiger partial charge in [-0.25, -0.2) is 0 Å². The molecule has 1 aliphatic carbocycles.